The lowest BCUT2D eigenvalue weighted by Gasteiger charge is -2.23. The Morgan fingerprint density at radius 3 is 2.36 bits per heavy atom. The Morgan fingerprint density at radius 1 is 1.03 bits per heavy atom. The van der Waals surface area contributed by atoms with E-state index in [2.05, 4.69) is 0 Å². The van der Waals surface area contributed by atoms with E-state index in [1.807, 2.05) is 13.8 Å². The molecule has 0 unspecified atom stereocenters. The lowest BCUT2D eigenvalue weighted by molar-refractivity contribution is -0.140. The van der Waals surface area contributed by atoms with Gasteiger partial charge in [-0.1, -0.05) is 29.8 Å². The van der Waals surface area contributed by atoms with Crippen molar-refractivity contribution in [1.82, 2.24) is 0 Å². The first-order chi connectivity index (χ1) is 15.7. The Morgan fingerprint density at radius 2 is 1.70 bits per heavy atom. The minimum atomic E-state index is -1.07. The summed E-state index contributed by atoms with van der Waals surface area (Å²) in [5.74, 6) is -2.34. The number of para-hydroxylation sites is 1. The van der Waals surface area contributed by atoms with Gasteiger partial charge in [0, 0.05) is 23.6 Å². The van der Waals surface area contributed by atoms with Crippen molar-refractivity contribution in [2.75, 3.05) is 7.11 Å². The van der Waals surface area contributed by atoms with Crippen LogP contribution in [0.5, 0.6) is 17.2 Å². The fraction of sp³-hybridized carbons (Fsp3) is 0.192. The van der Waals surface area contributed by atoms with Gasteiger partial charge in [-0.3, -0.25) is 9.59 Å². The molecule has 7 nitrogen and oxygen atoms in total. The van der Waals surface area contributed by atoms with Crippen LogP contribution < -0.4 is 4.74 Å². The SMILES string of the molecule is COc1ccccc1/C=C/C(=O)O[C@H](CC=C(C)C)C1=CC(=O)c2c(O)ccc(O)c2C1=O. The number of phenolic OH excluding ortho intramolecular Hbond substituents is 2. The van der Waals surface area contributed by atoms with Crippen LogP contribution in [-0.4, -0.2) is 41.0 Å². The molecule has 1 aliphatic rings. The molecule has 0 aliphatic heterocycles. The van der Waals surface area contributed by atoms with Gasteiger partial charge in [-0.2, -0.15) is 0 Å². The molecule has 170 valence electrons. The summed E-state index contributed by atoms with van der Waals surface area (Å²) < 4.78 is 10.8. The highest BCUT2D eigenvalue weighted by Gasteiger charge is 2.35. The first kappa shape index (κ1) is 23.5. The summed E-state index contributed by atoms with van der Waals surface area (Å²) in [5, 5.41) is 20.2. The molecule has 2 N–H and O–H groups in total. The number of fused-ring (bicyclic) bond motifs is 1. The van der Waals surface area contributed by atoms with E-state index < -0.39 is 35.1 Å². The van der Waals surface area contributed by atoms with Crippen LogP contribution in [0.3, 0.4) is 0 Å². The molecule has 7 heteroatoms. The third-order valence-corrected chi connectivity index (χ3v) is 5.07. The van der Waals surface area contributed by atoms with Crippen LogP contribution in [0.1, 0.15) is 46.5 Å². The number of rotatable bonds is 7. The van der Waals surface area contributed by atoms with Gasteiger partial charge < -0.3 is 19.7 Å². The van der Waals surface area contributed by atoms with Gasteiger partial charge >= 0.3 is 5.97 Å². The molecule has 0 spiro atoms. The maximum atomic E-state index is 13.1. The third kappa shape index (κ3) is 5.20. The summed E-state index contributed by atoms with van der Waals surface area (Å²) in [6.07, 6.45) is 4.64. The Hall–Kier alpha value is -4.13. The van der Waals surface area contributed by atoms with E-state index in [1.54, 1.807) is 30.3 Å². The normalized spacial score (nSPS) is 13.8. The van der Waals surface area contributed by atoms with Gasteiger partial charge in [0.1, 0.15) is 23.4 Å². The van der Waals surface area contributed by atoms with Gasteiger partial charge in [0.15, 0.2) is 11.6 Å². The van der Waals surface area contributed by atoms with Crippen LogP contribution in [0.4, 0.5) is 0 Å². The molecule has 0 amide bonds. The Bertz CT molecular complexity index is 1200. The molecule has 2 aromatic rings. The quantitative estimate of drug-likeness (QED) is 0.280. The Balaban J connectivity index is 1.92. The van der Waals surface area contributed by atoms with E-state index in [4.69, 9.17) is 9.47 Å². The number of esters is 1. The van der Waals surface area contributed by atoms with Gasteiger partial charge in [0.25, 0.3) is 0 Å². The smallest absolute Gasteiger partial charge is 0.331 e. The van der Waals surface area contributed by atoms with Crippen molar-refractivity contribution in [1.29, 1.82) is 0 Å². The second-order valence-electron chi connectivity index (χ2n) is 7.66. The van der Waals surface area contributed by atoms with Crippen molar-refractivity contribution < 1.29 is 34.1 Å². The second kappa shape index (κ2) is 9.99. The fourth-order valence-corrected chi connectivity index (χ4v) is 3.45. The van der Waals surface area contributed by atoms with E-state index >= 15 is 0 Å². The zero-order chi connectivity index (χ0) is 24.1. The van der Waals surface area contributed by atoms with Gasteiger partial charge in [0.2, 0.25) is 0 Å². The van der Waals surface area contributed by atoms with Crippen molar-refractivity contribution in [2.24, 2.45) is 0 Å². The van der Waals surface area contributed by atoms with Crippen molar-refractivity contribution >= 4 is 23.6 Å². The van der Waals surface area contributed by atoms with Crippen LogP contribution in [0, 0.1) is 0 Å². The first-order valence-electron chi connectivity index (χ1n) is 10.2. The molecular formula is C26H24O7. The summed E-state index contributed by atoms with van der Waals surface area (Å²) in [7, 11) is 1.52. The molecule has 0 fully saturated rings. The molecule has 2 aromatic carbocycles. The molecule has 0 bridgehead atoms. The first-order valence-corrected chi connectivity index (χ1v) is 10.2. The van der Waals surface area contributed by atoms with E-state index in [-0.39, 0.29) is 23.1 Å². The lowest BCUT2D eigenvalue weighted by atomic mass is 9.85. The topological polar surface area (TPSA) is 110 Å². The number of Topliss-reactive ketones (excluding diaryl/α,β-unsaturated/α-hetero) is 1. The zero-order valence-corrected chi connectivity index (χ0v) is 18.5. The summed E-state index contributed by atoms with van der Waals surface area (Å²) in [4.78, 5) is 38.4. The largest absolute Gasteiger partial charge is 0.507 e. The standard InChI is InChI=1S/C26H24O7/c1-15(2)8-12-22(33-23(30)13-9-16-6-4-5-7-21(16)32-3)17-14-20(29)24-18(27)10-11-19(28)25(24)26(17)31/h4-11,13-14,22,27-28H,12H2,1-3H3/b13-9+/t22-/m1/s1. The number of allylic oxidation sites excluding steroid dienone is 2. The number of carbonyl (C=O) groups excluding carboxylic acids is 3. The van der Waals surface area contributed by atoms with Crippen molar-refractivity contribution in [3.63, 3.8) is 0 Å². The van der Waals surface area contributed by atoms with E-state index in [0.29, 0.717) is 11.3 Å². The minimum absolute atomic E-state index is 0.0788. The number of hydrogen-bond donors (Lipinski definition) is 2. The molecule has 0 saturated carbocycles. The predicted molar refractivity (Wildman–Crippen MR) is 122 cm³/mol. The summed E-state index contributed by atoms with van der Waals surface area (Å²) in [6.45, 7) is 3.70. The van der Waals surface area contributed by atoms with Crippen LogP contribution in [0.15, 0.2) is 65.8 Å². The number of benzene rings is 2. The minimum Gasteiger partial charge on any atom is -0.507 e. The number of phenols is 2. The highest BCUT2D eigenvalue weighted by molar-refractivity contribution is 6.27. The van der Waals surface area contributed by atoms with Gasteiger partial charge in [-0.05, 0) is 44.2 Å². The average molecular weight is 448 g/mol. The number of ether oxygens (including phenoxy) is 2. The van der Waals surface area contributed by atoms with Gasteiger partial charge in [-0.25, -0.2) is 4.79 Å². The Kier molecular flexibility index (Phi) is 7.13. The maximum Gasteiger partial charge on any atom is 0.331 e. The van der Waals surface area contributed by atoms with E-state index in [1.165, 1.54) is 19.3 Å². The zero-order valence-electron chi connectivity index (χ0n) is 18.5. The number of hydrogen-bond acceptors (Lipinski definition) is 7. The van der Waals surface area contributed by atoms with Crippen molar-refractivity contribution in [2.45, 2.75) is 26.4 Å². The molecule has 1 atom stereocenters. The number of methoxy groups -OCH3 is 1. The fourth-order valence-electron chi connectivity index (χ4n) is 3.45. The van der Waals surface area contributed by atoms with Gasteiger partial charge in [-0.15, -0.1) is 0 Å². The molecule has 0 radical (unpaired) electrons. The summed E-state index contributed by atoms with van der Waals surface area (Å²) in [5.41, 5.74) is 0.935. The van der Waals surface area contributed by atoms with Crippen molar-refractivity contribution in [3.05, 3.63) is 82.5 Å². The van der Waals surface area contributed by atoms with Crippen LogP contribution in [0.2, 0.25) is 0 Å². The van der Waals surface area contributed by atoms with Gasteiger partial charge in [0.05, 0.1) is 18.2 Å². The summed E-state index contributed by atoms with van der Waals surface area (Å²) in [6, 6.07) is 9.38. The molecule has 0 saturated heterocycles. The average Bonchev–Trinajstić information content (AvgIpc) is 2.79. The number of ketones is 2. The molecule has 0 aromatic heterocycles. The molecular weight excluding hydrogens is 424 g/mol. The van der Waals surface area contributed by atoms with Crippen LogP contribution in [-0.2, 0) is 9.53 Å². The second-order valence-corrected chi connectivity index (χ2v) is 7.66. The molecule has 3 rings (SSSR count). The molecule has 33 heavy (non-hydrogen) atoms. The van der Waals surface area contributed by atoms with Crippen LogP contribution >= 0.6 is 0 Å². The third-order valence-electron chi connectivity index (χ3n) is 5.07. The molecule has 0 heterocycles. The van der Waals surface area contributed by atoms with E-state index in [9.17, 15) is 24.6 Å². The Labute approximate surface area is 191 Å². The summed E-state index contributed by atoms with van der Waals surface area (Å²) >= 11 is 0. The van der Waals surface area contributed by atoms with Crippen molar-refractivity contribution in [3.8, 4) is 17.2 Å². The highest BCUT2D eigenvalue weighted by Crippen LogP contribution is 2.36. The van der Waals surface area contributed by atoms with E-state index in [0.717, 1.165) is 23.8 Å². The highest BCUT2D eigenvalue weighted by atomic mass is 16.5. The maximum absolute atomic E-state index is 13.1. The molecule has 1 aliphatic carbocycles. The lowest BCUT2D eigenvalue weighted by Crippen LogP contribution is -2.28. The van der Waals surface area contributed by atoms with Crippen LogP contribution in [0.25, 0.3) is 6.08 Å². The number of aromatic hydroxyl groups is 2. The number of carbonyl (C=O) groups is 3. The predicted octanol–water partition coefficient (Wildman–Crippen LogP) is 4.39. The monoisotopic (exact) mass is 448 g/mol.